The first kappa shape index (κ1) is 12.1. The monoisotopic (exact) mass is 275 g/mol. The molecule has 102 valence electrons. The number of carboxylic acid groups (broad SMARTS) is 1. The Balaban J connectivity index is 2.08. The van der Waals surface area contributed by atoms with Crippen molar-refractivity contribution in [1.29, 1.82) is 0 Å². The number of carbonyl (C=O) groups excluding carboxylic acids is 1. The van der Waals surface area contributed by atoms with E-state index < -0.39 is 5.97 Å². The molecule has 0 aliphatic carbocycles. The highest BCUT2D eigenvalue weighted by Crippen LogP contribution is 2.29. The number of hydrogen-bond donors (Lipinski definition) is 2. The highest BCUT2D eigenvalue weighted by Gasteiger charge is 2.23. The Morgan fingerprint density at radius 3 is 3.05 bits per heavy atom. The van der Waals surface area contributed by atoms with Crippen LogP contribution in [0.4, 0.5) is 5.69 Å². The van der Waals surface area contributed by atoms with Crippen LogP contribution in [0.25, 0.3) is 11.4 Å². The van der Waals surface area contributed by atoms with Gasteiger partial charge in [-0.25, -0.2) is 14.5 Å². The summed E-state index contributed by atoms with van der Waals surface area (Å²) in [5.41, 5.74) is 0.816. The zero-order valence-corrected chi connectivity index (χ0v) is 10.3. The van der Waals surface area contributed by atoms with Crippen molar-refractivity contribution in [3.05, 3.63) is 17.8 Å². The number of nitrogens with one attached hydrogen (secondary N) is 1. The van der Waals surface area contributed by atoms with Crippen LogP contribution >= 0.6 is 0 Å². The van der Waals surface area contributed by atoms with Crippen LogP contribution in [0, 0.1) is 0 Å². The number of aromatic nitrogens is 4. The molecule has 2 aromatic heterocycles. The Morgan fingerprint density at radius 1 is 1.50 bits per heavy atom. The van der Waals surface area contributed by atoms with Crippen molar-refractivity contribution in [1.82, 2.24) is 20.0 Å². The number of nitrogens with zero attached hydrogens (tertiary/aromatic N) is 4. The summed E-state index contributed by atoms with van der Waals surface area (Å²) in [6.07, 6.45) is 0. The second-order valence-corrected chi connectivity index (χ2v) is 4.10. The van der Waals surface area contributed by atoms with Crippen LogP contribution in [-0.2, 0) is 11.8 Å². The van der Waals surface area contributed by atoms with Gasteiger partial charge in [0.15, 0.2) is 12.3 Å². The molecule has 0 bridgehead atoms. The maximum Gasteiger partial charge on any atom is 0.356 e. The molecule has 2 N–H and O–H groups in total. The first-order chi connectivity index (χ1) is 9.56. The van der Waals surface area contributed by atoms with E-state index in [-0.39, 0.29) is 29.8 Å². The molecule has 2 aromatic rings. The third-order valence-electron chi connectivity index (χ3n) is 2.75. The average molecular weight is 275 g/mol. The Hall–Kier alpha value is -2.97. The highest BCUT2D eigenvalue weighted by molar-refractivity contribution is 5.95. The lowest BCUT2D eigenvalue weighted by molar-refractivity contribution is -0.118. The molecular formula is C11H9N5O4. The minimum absolute atomic E-state index is 0.0719. The van der Waals surface area contributed by atoms with E-state index in [4.69, 9.17) is 9.84 Å². The van der Waals surface area contributed by atoms with E-state index in [0.717, 1.165) is 4.68 Å². The van der Waals surface area contributed by atoms with Crippen LogP contribution in [0.5, 0.6) is 5.88 Å². The Labute approximate surface area is 112 Å². The van der Waals surface area contributed by atoms with Crippen LogP contribution < -0.4 is 10.1 Å². The largest absolute Gasteiger partial charge is 0.476 e. The van der Waals surface area contributed by atoms with E-state index in [1.807, 2.05) is 0 Å². The average Bonchev–Trinajstić information content (AvgIpc) is 2.80. The summed E-state index contributed by atoms with van der Waals surface area (Å²) in [5.74, 6) is -1.19. The van der Waals surface area contributed by atoms with Gasteiger partial charge in [-0.05, 0) is 12.1 Å². The van der Waals surface area contributed by atoms with Crippen molar-refractivity contribution >= 4 is 17.6 Å². The Kier molecular flexibility index (Phi) is 2.60. The predicted molar refractivity (Wildman–Crippen MR) is 65.3 cm³/mol. The van der Waals surface area contributed by atoms with Gasteiger partial charge in [-0.3, -0.25) is 4.79 Å². The fourth-order valence-corrected chi connectivity index (χ4v) is 1.87. The van der Waals surface area contributed by atoms with Crippen LogP contribution in [0.3, 0.4) is 0 Å². The number of fused-ring (bicyclic) bond motifs is 1. The van der Waals surface area contributed by atoms with Gasteiger partial charge in [0.2, 0.25) is 5.88 Å². The topological polar surface area (TPSA) is 119 Å². The van der Waals surface area contributed by atoms with Crippen LogP contribution in [0.1, 0.15) is 10.5 Å². The third-order valence-corrected chi connectivity index (χ3v) is 2.75. The van der Waals surface area contributed by atoms with E-state index in [1.54, 1.807) is 12.1 Å². The summed E-state index contributed by atoms with van der Waals surface area (Å²) in [4.78, 5) is 26.5. The van der Waals surface area contributed by atoms with Crippen molar-refractivity contribution in [3.8, 4) is 17.3 Å². The van der Waals surface area contributed by atoms with Crippen LogP contribution in [0.2, 0.25) is 0 Å². The lowest BCUT2D eigenvalue weighted by atomic mass is 10.2. The minimum atomic E-state index is -1.15. The molecule has 9 heteroatoms. The second kappa shape index (κ2) is 4.30. The number of ether oxygens (including phenoxy) is 1. The molecular weight excluding hydrogens is 266 g/mol. The predicted octanol–water partition coefficient (Wildman–Crippen LogP) is -0.0938. The minimum Gasteiger partial charge on any atom is -0.476 e. The zero-order valence-electron chi connectivity index (χ0n) is 10.3. The molecule has 0 aromatic carbocycles. The Bertz CT molecular complexity index is 724. The molecule has 9 nitrogen and oxygen atoms in total. The van der Waals surface area contributed by atoms with E-state index >= 15 is 0 Å². The fourth-order valence-electron chi connectivity index (χ4n) is 1.87. The van der Waals surface area contributed by atoms with E-state index in [1.165, 1.54) is 7.05 Å². The molecule has 0 fully saturated rings. The van der Waals surface area contributed by atoms with Crippen LogP contribution in [0.15, 0.2) is 12.1 Å². The van der Waals surface area contributed by atoms with Gasteiger partial charge in [0.1, 0.15) is 11.4 Å². The molecule has 0 unspecified atom stereocenters. The number of hydrogen-bond acceptors (Lipinski definition) is 6. The van der Waals surface area contributed by atoms with Crippen molar-refractivity contribution in [2.75, 3.05) is 11.9 Å². The third kappa shape index (κ3) is 1.85. The van der Waals surface area contributed by atoms with E-state index in [2.05, 4.69) is 20.6 Å². The molecule has 0 spiro atoms. The summed E-state index contributed by atoms with van der Waals surface area (Å²) < 4.78 is 6.33. The van der Waals surface area contributed by atoms with Crippen LogP contribution in [-0.4, -0.2) is 43.6 Å². The summed E-state index contributed by atoms with van der Waals surface area (Å²) in [5, 5.41) is 19.2. The summed E-state index contributed by atoms with van der Waals surface area (Å²) in [6.45, 7) is -0.129. The fraction of sp³-hybridized carbons (Fsp3) is 0.182. The standard InChI is InChI=1S/C11H9N5O4/c1-16-9(11(18)19)8(14-15-16)5-2-3-6-10(13-5)20-4-7(17)12-6/h2-3H,4H2,1H3,(H,12,17)(H,18,19). The van der Waals surface area contributed by atoms with Crippen molar-refractivity contribution in [2.24, 2.45) is 7.05 Å². The van der Waals surface area contributed by atoms with Gasteiger partial charge in [0.25, 0.3) is 5.91 Å². The molecule has 0 atom stereocenters. The normalized spacial score (nSPS) is 13.3. The number of aryl methyl sites for hydroxylation is 1. The Morgan fingerprint density at radius 2 is 2.30 bits per heavy atom. The van der Waals surface area contributed by atoms with Gasteiger partial charge in [-0.15, -0.1) is 5.10 Å². The second-order valence-electron chi connectivity index (χ2n) is 4.10. The molecule has 1 amide bonds. The highest BCUT2D eigenvalue weighted by atomic mass is 16.5. The summed E-state index contributed by atoms with van der Waals surface area (Å²) in [7, 11) is 1.48. The molecule has 0 saturated carbocycles. The van der Waals surface area contributed by atoms with Crippen molar-refractivity contribution in [3.63, 3.8) is 0 Å². The van der Waals surface area contributed by atoms with Crippen molar-refractivity contribution < 1.29 is 19.4 Å². The number of aromatic carboxylic acids is 1. The lowest BCUT2D eigenvalue weighted by Gasteiger charge is -2.16. The van der Waals surface area contributed by atoms with Gasteiger partial charge in [0, 0.05) is 7.05 Å². The number of rotatable bonds is 2. The molecule has 3 heterocycles. The number of pyridine rings is 1. The molecule has 3 rings (SSSR count). The number of amides is 1. The van der Waals surface area contributed by atoms with Gasteiger partial charge in [-0.2, -0.15) is 0 Å². The molecule has 0 radical (unpaired) electrons. The quantitative estimate of drug-likeness (QED) is 0.785. The zero-order chi connectivity index (χ0) is 14.3. The van der Waals surface area contributed by atoms with E-state index in [0.29, 0.717) is 11.4 Å². The van der Waals surface area contributed by atoms with Gasteiger partial charge >= 0.3 is 5.97 Å². The SMILES string of the molecule is Cn1nnc(-c2ccc3c(n2)OCC(=O)N3)c1C(=O)O. The molecule has 1 aliphatic heterocycles. The summed E-state index contributed by atoms with van der Waals surface area (Å²) >= 11 is 0. The smallest absolute Gasteiger partial charge is 0.356 e. The number of carboxylic acids is 1. The summed E-state index contributed by atoms with van der Waals surface area (Å²) in [6, 6.07) is 3.12. The maximum atomic E-state index is 11.2. The number of carbonyl (C=O) groups is 2. The maximum absolute atomic E-state index is 11.2. The molecule has 20 heavy (non-hydrogen) atoms. The van der Waals surface area contributed by atoms with Gasteiger partial charge in [-0.1, -0.05) is 5.21 Å². The first-order valence-electron chi connectivity index (χ1n) is 5.63. The van der Waals surface area contributed by atoms with E-state index in [9.17, 15) is 9.59 Å². The van der Waals surface area contributed by atoms with Crippen molar-refractivity contribution in [2.45, 2.75) is 0 Å². The number of anilines is 1. The molecule has 0 saturated heterocycles. The molecule has 1 aliphatic rings. The first-order valence-corrected chi connectivity index (χ1v) is 5.63. The lowest BCUT2D eigenvalue weighted by Crippen LogP contribution is -2.26. The van der Waals surface area contributed by atoms with Gasteiger partial charge < -0.3 is 15.2 Å². The van der Waals surface area contributed by atoms with Gasteiger partial charge in [0.05, 0.1) is 5.69 Å².